The first kappa shape index (κ1) is 20.4. The zero-order valence-electron chi connectivity index (χ0n) is 16.6. The van der Waals surface area contributed by atoms with Crippen molar-refractivity contribution < 1.29 is 9.59 Å². The lowest BCUT2D eigenvalue weighted by Crippen LogP contribution is -2.31. The van der Waals surface area contributed by atoms with Gasteiger partial charge in [-0.1, -0.05) is 26.8 Å². The standard InChI is InChI=1S/C21H33N3O2/c1-15(2)17(4)12-21(26)24-11-8-18(14-24)7-10-23-20(25)13-19-16(3)6-5-9-22-19/h5-6,9,15,17-18H,7-8,10-14H2,1-4H3,(H,23,25). The number of hydrogen-bond acceptors (Lipinski definition) is 3. The highest BCUT2D eigenvalue weighted by Crippen LogP contribution is 2.22. The molecular formula is C21H33N3O2. The third kappa shape index (κ3) is 6.11. The largest absolute Gasteiger partial charge is 0.356 e. The van der Waals surface area contributed by atoms with Gasteiger partial charge in [-0.2, -0.15) is 0 Å². The van der Waals surface area contributed by atoms with Gasteiger partial charge >= 0.3 is 0 Å². The van der Waals surface area contributed by atoms with Crippen molar-refractivity contribution in [2.75, 3.05) is 19.6 Å². The lowest BCUT2D eigenvalue weighted by Gasteiger charge is -2.21. The van der Waals surface area contributed by atoms with Crippen molar-refractivity contribution in [1.29, 1.82) is 0 Å². The van der Waals surface area contributed by atoms with Crippen LogP contribution in [0.4, 0.5) is 0 Å². The number of aromatic nitrogens is 1. The third-order valence-electron chi connectivity index (χ3n) is 5.59. The second kappa shape index (κ2) is 9.70. The molecule has 1 saturated heterocycles. The lowest BCUT2D eigenvalue weighted by molar-refractivity contribution is -0.131. The molecule has 1 aromatic heterocycles. The van der Waals surface area contributed by atoms with Crippen LogP contribution in [0.25, 0.3) is 0 Å². The fourth-order valence-electron chi connectivity index (χ4n) is 3.27. The minimum atomic E-state index is 0.0171. The summed E-state index contributed by atoms with van der Waals surface area (Å²) in [5, 5.41) is 2.99. The maximum atomic E-state index is 12.4. The summed E-state index contributed by atoms with van der Waals surface area (Å²) in [6.45, 7) is 10.8. The number of likely N-dealkylation sites (tertiary alicyclic amines) is 1. The highest BCUT2D eigenvalue weighted by atomic mass is 16.2. The van der Waals surface area contributed by atoms with Crippen LogP contribution in [0.5, 0.6) is 0 Å². The number of carbonyl (C=O) groups excluding carboxylic acids is 2. The molecule has 1 fully saturated rings. The van der Waals surface area contributed by atoms with Crippen LogP contribution in [0.1, 0.15) is 51.3 Å². The van der Waals surface area contributed by atoms with Gasteiger partial charge in [0, 0.05) is 32.3 Å². The fourth-order valence-corrected chi connectivity index (χ4v) is 3.27. The van der Waals surface area contributed by atoms with Crippen molar-refractivity contribution in [3.05, 3.63) is 29.6 Å². The molecular weight excluding hydrogens is 326 g/mol. The molecule has 5 heteroatoms. The molecule has 0 bridgehead atoms. The van der Waals surface area contributed by atoms with Crippen LogP contribution in [0.2, 0.25) is 0 Å². The van der Waals surface area contributed by atoms with Crippen LogP contribution in [-0.2, 0) is 16.0 Å². The Labute approximate surface area is 157 Å². The van der Waals surface area contributed by atoms with Crippen LogP contribution >= 0.6 is 0 Å². The summed E-state index contributed by atoms with van der Waals surface area (Å²) in [6.07, 6.45) is 4.66. The quantitative estimate of drug-likeness (QED) is 0.776. The summed E-state index contributed by atoms with van der Waals surface area (Å²) in [4.78, 5) is 30.7. The fraction of sp³-hybridized carbons (Fsp3) is 0.667. The van der Waals surface area contributed by atoms with Gasteiger partial charge in [-0.25, -0.2) is 0 Å². The van der Waals surface area contributed by atoms with Gasteiger partial charge in [-0.3, -0.25) is 14.6 Å². The topological polar surface area (TPSA) is 62.3 Å². The van der Waals surface area contributed by atoms with E-state index in [1.807, 2.05) is 24.0 Å². The van der Waals surface area contributed by atoms with Crippen LogP contribution in [0.3, 0.4) is 0 Å². The van der Waals surface area contributed by atoms with Crippen LogP contribution in [0.15, 0.2) is 18.3 Å². The Morgan fingerprint density at radius 3 is 2.81 bits per heavy atom. The van der Waals surface area contributed by atoms with Crippen LogP contribution in [-0.4, -0.2) is 41.3 Å². The van der Waals surface area contributed by atoms with Crippen molar-refractivity contribution in [2.24, 2.45) is 17.8 Å². The molecule has 2 rings (SSSR count). The first-order chi connectivity index (χ1) is 12.4. The molecule has 26 heavy (non-hydrogen) atoms. The van der Waals surface area contributed by atoms with Crippen molar-refractivity contribution in [3.63, 3.8) is 0 Å². The van der Waals surface area contributed by atoms with Crippen molar-refractivity contribution in [3.8, 4) is 0 Å². The minimum absolute atomic E-state index is 0.0171. The number of nitrogens with one attached hydrogen (secondary N) is 1. The highest BCUT2D eigenvalue weighted by molar-refractivity contribution is 5.78. The van der Waals surface area contributed by atoms with E-state index < -0.39 is 0 Å². The van der Waals surface area contributed by atoms with E-state index in [1.54, 1.807) is 6.20 Å². The first-order valence-electron chi connectivity index (χ1n) is 9.81. The van der Waals surface area contributed by atoms with Gasteiger partial charge in [0.15, 0.2) is 0 Å². The Balaban J connectivity index is 1.67. The van der Waals surface area contributed by atoms with E-state index in [2.05, 4.69) is 31.1 Å². The number of pyridine rings is 1. The minimum Gasteiger partial charge on any atom is -0.356 e. The van der Waals surface area contributed by atoms with E-state index in [1.165, 1.54) is 0 Å². The Hall–Kier alpha value is -1.91. The maximum Gasteiger partial charge on any atom is 0.226 e. The third-order valence-corrected chi connectivity index (χ3v) is 5.59. The monoisotopic (exact) mass is 359 g/mol. The average Bonchev–Trinajstić information content (AvgIpc) is 3.06. The molecule has 0 saturated carbocycles. The van der Waals surface area contributed by atoms with Gasteiger partial charge in [-0.15, -0.1) is 0 Å². The zero-order chi connectivity index (χ0) is 19.1. The van der Waals surface area contributed by atoms with Crippen molar-refractivity contribution in [2.45, 2.75) is 53.4 Å². The average molecular weight is 360 g/mol. The van der Waals surface area contributed by atoms with Gasteiger partial charge in [-0.05, 0) is 49.1 Å². The molecule has 0 radical (unpaired) electrons. The molecule has 1 aromatic rings. The van der Waals surface area contributed by atoms with Gasteiger partial charge in [0.25, 0.3) is 0 Å². The van der Waals surface area contributed by atoms with E-state index in [9.17, 15) is 9.59 Å². The van der Waals surface area contributed by atoms with Crippen molar-refractivity contribution in [1.82, 2.24) is 15.2 Å². The molecule has 0 aromatic carbocycles. The van der Waals surface area contributed by atoms with Gasteiger partial charge in [0.1, 0.15) is 0 Å². The SMILES string of the molecule is Cc1cccnc1CC(=O)NCCC1CCN(C(=O)CC(C)C(C)C)C1. The smallest absolute Gasteiger partial charge is 0.226 e. The van der Waals surface area contributed by atoms with Gasteiger partial charge in [0.2, 0.25) is 11.8 Å². The Morgan fingerprint density at radius 1 is 1.35 bits per heavy atom. The molecule has 5 nitrogen and oxygen atoms in total. The van der Waals surface area contributed by atoms with Gasteiger partial charge in [0.05, 0.1) is 12.1 Å². The highest BCUT2D eigenvalue weighted by Gasteiger charge is 2.27. The Bertz CT molecular complexity index is 615. The summed E-state index contributed by atoms with van der Waals surface area (Å²) in [5.41, 5.74) is 1.88. The normalized spacial score (nSPS) is 18.2. The molecule has 0 spiro atoms. The number of carbonyl (C=O) groups is 2. The van der Waals surface area contributed by atoms with Crippen molar-refractivity contribution >= 4 is 11.8 Å². The molecule has 0 aliphatic carbocycles. The maximum absolute atomic E-state index is 12.4. The summed E-state index contributed by atoms with van der Waals surface area (Å²) < 4.78 is 0. The second-order valence-corrected chi connectivity index (χ2v) is 8.00. The zero-order valence-corrected chi connectivity index (χ0v) is 16.6. The molecule has 2 amide bonds. The summed E-state index contributed by atoms with van der Waals surface area (Å²) in [5.74, 6) is 1.75. The van der Waals surface area contributed by atoms with E-state index in [4.69, 9.17) is 0 Å². The molecule has 1 N–H and O–H groups in total. The summed E-state index contributed by atoms with van der Waals surface area (Å²) in [6, 6.07) is 3.85. The van der Waals surface area contributed by atoms with Crippen LogP contribution in [0, 0.1) is 24.7 Å². The van der Waals surface area contributed by atoms with E-state index >= 15 is 0 Å². The Kier molecular flexibility index (Phi) is 7.61. The number of amides is 2. The van der Waals surface area contributed by atoms with Crippen LogP contribution < -0.4 is 5.32 Å². The predicted molar refractivity (Wildman–Crippen MR) is 104 cm³/mol. The second-order valence-electron chi connectivity index (χ2n) is 8.00. The number of nitrogens with zero attached hydrogens (tertiary/aromatic N) is 2. The predicted octanol–water partition coefficient (Wildman–Crippen LogP) is 2.97. The molecule has 1 aliphatic heterocycles. The molecule has 2 atom stereocenters. The summed E-state index contributed by atoms with van der Waals surface area (Å²) in [7, 11) is 0. The van der Waals surface area contributed by atoms with E-state index in [0.29, 0.717) is 37.1 Å². The number of hydrogen-bond donors (Lipinski definition) is 1. The summed E-state index contributed by atoms with van der Waals surface area (Å²) >= 11 is 0. The molecule has 2 heterocycles. The van der Waals surface area contributed by atoms with Gasteiger partial charge < -0.3 is 10.2 Å². The Morgan fingerprint density at radius 2 is 2.12 bits per heavy atom. The van der Waals surface area contributed by atoms with E-state index in [-0.39, 0.29) is 11.8 Å². The molecule has 1 aliphatic rings. The molecule has 2 unspecified atom stereocenters. The first-order valence-corrected chi connectivity index (χ1v) is 9.81. The van der Waals surface area contributed by atoms with E-state index in [0.717, 1.165) is 37.2 Å². The molecule has 144 valence electrons. The lowest BCUT2D eigenvalue weighted by atomic mass is 9.94. The number of aryl methyl sites for hydroxylation is 1. The number of rotatable bonds is 8.